The first kappa shape index (κ1) is 12.0. The molecule has 0 atom stereocenters. The van der Waals surface area contributed by atoms with Gasteiger partial charge in [-0.3, -0.25) is 5.01 Å². The Labute approximate surface area is 81.6 Å². The van der Waals surface area contributed by atoms with Crippen LogP contribution < -0.4 is 5.43 Å². The van der Waals surface area contributed by atoms with Gasteiger partial charge in [0.25, 0.3) is 0 Å². The first-order chi connectivity index (χ1) is 6.29. The molecule has 0 unspecified atom stereocenters. The van der Waals surface area contributed by atoms with Gasteiger partial charge in [0.05, 0.1) is 5.70 Å². The van der Waals surface area contributed by atoms with E-state index in [1.165, 1.54) is 0 Å². The molecule has 0 aromatic carbocycles. The van der Waals surface area contributed by atoms with Crippen LogP contribution in [-0.4, -0.2) is 12.1 Å². The highest BCUT2D eigenvalue weighted by molar-refractivity contribution is 5.16. The Balaban J connectivity index is 4.43. The van der Waals surface area contributed by atoms with Crippen molar-refractivity contribution in [2.75, 3.05) is 7.05 Å². The van der Waals surface area contributed by atoms with Gasteiger partial charge in [0.15, 0.2) is 0 Å². The molecule has 0 aliphatic heterocycles. The minimum Gasteiger partial charge on any atom is -0.285 e. The number of hydrogen-bond donors (Lipinski definition) is 1. The van der Waals surface area contributed by atoms with Crippen molar-refractivity contribution in [3.8, 4) is 0 Å². The molecule has 0 heterocycles. The fourth-order valence-corrected chi connectivity index (χ4v) is 0.990. The summed E-state index contributed by atoms with van der Waals surface area (Å²) < 4.78 is 0. The molecule has 0 aliphatic carbocycles. The van der Waals surface area contributed by atoms with Crippen molar-refractivity contribution in [3.05, 3.63) is 36.7 Å². The molecule has 0 bridgehead atoms. The molecule has 0 fully saturated rings. The quantitative estimate of drug-likeness (QED) is 0.499. The normalized spacial score (nSPS) is 12.1. The topological polar surface area (TPSA) is 15.3 Å². The van der Waals surface area contributed by atoms with Crippen molar-refractivity contribution in [1.29, 1.82) is 0 Å². The molecule has 2 heteroatoms. The molecule has 1 N–H and O–H groups in total. The van der Waals surface area contributed by atoms with E-state index in [9.17, 15) is 0 Å². The molecule has 0 saturated heterocycles. The van der Waals surface area contributed by atoms with Crippen LogP contribution in [0.1, 0.15) is 26.7 Å². The van der Waals surface area contributed by atoms with Gasteiger partial charge in [-0.05, 0) is 18.9 Å². The Morgan fingerprint density at radius 2 is 2.08 bits per heavy atom. The molecule has 0 radical (unpaired) electrons. The van der Waals surface area contributed by atoms with Gasteiger partial charge in [0, 0.05) is 13.2 Å². The van der Waals surface area contributed by atoms with Crippen LogP contribution in [0.3, 0.4) is 0 Å². The third-order valence-corrected chi connectivity index (χ3v) is 1.63. The van der Waals surface area contributed by atoms with E-state index in [2.05, 4.69) is 38.0 Å². The first-order valence-corrected chi connectivity index (χ1v) is 4.76. The van der Waals surface area contributed by atoms with E-state index < -0.39 is 0 Å². The maximum Gasteiger partial charge on any atom is 0.0524 e. The molecule has 13 heavy (non-hydrogen) atoms. The predicted octanol–water partition coefficient (Wildman–Crippen LogP) is 2.83. The highest BCUT2D eigenvalue weighted by Crippen LogP contribution is 2.04. The Bertz CT molecular complexity index is 192. The van der Waals surface area contributed by atoms with E-state index in [-0.39, 0.29) is 0 Å². The lowest BCUT2D eigenvalue weighted by Crippen LogP contribution is -2.28. The van der Waals surface area contributed by atoms with Crippen molar-refractivity contribution >= 4 is 0 Å². The number of nitrogens with zero attached hydrogens (tertiary/aromatic N) is 1. The zero-order valence-corrected chi connectivity index (χ0v) is 8.88. The van der Waals surface area contributed by atoms with Gasteiger partial charge in [-0.1, -0.05) is 32.6 Å². The number of allylic oxidation sites excluding steroid dienone is 3. The van der Waals surface area contributed by atoms with Crippen LogP contribution in [0.25, 0.3) is 0 Å². The second kappa shape index (κ2) is 7.62. The Morgan fingerprint density at radius 1 is 1.38 bits per heavy atom. The molecular weight excluding hydrogens is 160 g/mol. The van der Waals surface area contributed by atoms with Crippen molar-refractivity contribution in [3.63, 3.8) is 0 Å². The first-order valence-electron chi connectivity index (χ1n) is 4.76. The van der Waals surface area contributed by atoms with Crippen molar-refractivity contribution in [2.45, 2.75) is 26.7 Å². The largest absolute Gasteiger partial charge is 0.285 e. The van der Waals surface area contributed by atoms with Gasteiger partial charge in [0.2, 0.25) is 0 Å². The summed E-state index contributed by atoms with van der Waals surface area (Å²) in [6.07, 6.45) is 10.1. The lowest BCUT2D eigenvalue weighted by Gasteiger charge is -2.19. The molecule has 0 amide bonds. The fraction of sp³-hybridized carbons (Fsp3) is 0.455. The van der Waals surface area contributed by atoms with Crippen molar-refractivity contribution in [1.82, 2.24) is 10.4 Å². The lowest BCUT2D eigenvalue weighted by atomic mass is 10.3. The van der Waals surface area contributed by atoms with Crippen LogP contribution in [0.2, 0.25) is 0 Å². The van der Waals surface area contributed by atoms with Gasteiger partial charge in [-0.15, -0.1) is 0 Å². The summed E-state index contributed by atoms with van der Waals surface area (Å²) in [6.45, 7) is 8.00. The molecule has 0 aromatic rings. The van der Waals surface area contributed by atoms with Crippen molar-refractivity contribution < 1.29 is 0 Å². The summed E-state index contributed by atoms with van der Waals surface area (Å²) in [5.74, 6) is 0. The molecule has 0 spiro atoms. The molecule has 0 rings (SSSR count). The van der Waals surface area contributed by atoms with Gasteiger partial charge >= 0.3 is 0 Å². The molecule has 2 nitrogen and oxygen atoms in total. The van der Waals surface area contributed by atoms with E-state index in [1.807, 2.05) is 24.3 Å². The third-order valence-electron chi connectivity index (χ3n) is 1.63. The monoisotopic (exact) mass is 180 g/mol. The Kier molecular flexibility index (Phi) is 7.02. The number of rotatable bonds is 6. The van der Waals surface area contributed by atoms with Crippen LogP contribution in [0.15, 0.2) is 36.7 Å². The SMILES string of the molecule is C=C/C(=C/CC)N(/C=C\CC)NC. The number of hydrogen-bond acceptors (Lipinski definition) is 2. The van der Waals surface area contributed by atoms with Crippen LogP contribution in [0.5, 0.6) is 0 Å². The van der Waals surface area contributed by atoms with Crippen LogP contribution in [0.4, 0.5) is 0 Å². The maximum atomic E-state index is 3.77. The molecule has 0 saturated carbocycles. The van der Waals surface area contributed by atoms with E-state index >= 15 is 0 Å². The highest BCUT2D eigenvalue weighted by atomic mass is 15.5. The van der Waals surface area contributed by atoms with E-state index in [4.69, 9.17) is 0 Å². The molecule has 74 valence electrons. The fourth-order valence-electron chi connectivity index (χ4n) is 0.990. The highest BCUT2D eigenvalue weighted by Gasteiger charge is 1.97. The minimum atomic E-state index is 1.01. The third kappa shape index (κ3) is 4.53. The average Bonchev–Trinajstić information content (AvgIpc) is 2.17. The number of hydrazine groups is 1. The zero-order valence-electron chi connectivity index (χ0n) is 8.88. The van der Waals surface area contributed by atoms with Crippen LogP contribution in [-0.2, 0) is 0 Å². The second-order valence-corrected chi connectivity index (χ2v) is 2.63. The van der Waals surface area contributed by atoms with Gasteiger partial charge in [-0.25, -0.2) is 5.43 Å². The smallest absolute Gasteiger partial charge is 0.0524 e. The Morgan fingerprint density at radius 3 is 2.46 bits per heavy atom. The van der Waals surface area contributed by atoms with Crippen molar-refractivity contribution in [2.24, 2.45) is 0 Å². The predicted molar refractivity (Wildman–Crippen MR) is 58.9 cm³/mol. The molecular formula is C11H20N2. The Hall–Kier alpha value is -1.02. The van der Waals surface area contributed by atoms with Gasteiger partial charge in [-0.2, -0.15) is 0 Å². The summed E-state index contributed by atoms with van der Waals surface area (Å²) in [5, 5.41) is 1.96. The van der Waals surface area contributed by atoms with Crippen LogP contribution >= 0.6 is 0 Å². The average molecular weight is 180 g/mol. The standard InChI is InChI=1S/C11H20N2/c1-5-8-10-13(12-4)11(7-3)9-6-2/h7-10,12H,3,5-6H2,1-2,4H3/b10-8-,11-9-. The second-order valence-electron chi connectivity index (χ2n) is 2.63. The maximum absolute atomic E-state index is 3.77. The minimum absolute atomic E-state index is 1.01. The van der Waals surface area contributed by atoms with Gasteiger partial charge in [0.1, 0.15) is 0 Å². The summed E-state index contributed by atoms with van der Waals surface area (Å²) in [7, 11) is 1.90. The van der Waals surface area contributed by atoms with E-state index in [0.29, 0.717) is 0 Å². The van der Waals surface area contributed by atoms with E-state index in [0.717, 1.165) is 18.5 Å². The summed E-state index contributed by atoms with van der Waals surface area (Å²) in [5.41, 5.74) is 4.17. The summed E-state index contributed by atoms with van der Waals surface area (Å²) in [4.78, 5) is 0. The summed E-state index contributed by atoms with van der Waals surface area (Å²) in [6, 6.07) is 0. The van der Waals surface area contributed by atoms with Gasteiger partial charge < -0.3 is 0 Å². The molecule has 0 aromatic heterocycles. The zero-order chi connectivity index (χ0) is 10.1. The van der Waals surface area contributed by atoms with Crippen LogP contribution in [0, 0.1) is 0 Å². The lowest BCUT2D eigenvalue weighted by molar-refractivity contribution is 0.383. The van der Waals surface area contributed by atoms with E-state index in [1.54, 1.807) is 0 Å². The number of nitrogens with one attached hydrogen (secondary N) is 1. The summed E-state index contributed by atoms with van der Waals surface area (Å²) >= 11 is 0. The molecule has 0 aliphatic rings.